The Balaban J connectivity index is 2.21. The van der Waals surface area contributed by atoms with Crippen LogP contribution in [0.5, 0.6) is 0 Å². The predicted molar refractivity (Wildman–Crippen MR) is 68.6 cm³/mol. The topological polar surface area (TPSA) is 112 Å². The summed E-state index contributed by atoms with van der Waals surface area (Å²) in [5.74, 6) is -1.35. The lowest BCUT2D eigenvalue weighted by atomic mass is 10.3. The van der Waals surface area contributed by atoms with Crippen molar-refractivity contribution in [3.8, 4) is 0 Å². The molecule has 2 rings (SSSR count). The fraction of sp³-hybridized carbons (Fsp3) is 0.200. The normalized spacial score (nSPS) is 11.6. The summed E-state index contributed by atoms with van der Waals surface area (Å²) in [5, 5.41) is 15.9. The van der Waals surface area contributed by atoms with E-state index in [2.05, 4.69) is 14.9 Å². The van der Waals surface area contributed by atoms with Gasteiger partial charge in [0.05, 0.1) is 6.20 Å². The summed E-state index contributed by atoms with van der Waals surface area (Å²) < 4.78 is 26.3. The summed E-state index contributed by atoms with van der Waals surface area (Å²) in [6.45, 7) is 1.99. The average Bonchev–Trinajstić information content (AvgIpc) is 2.95. The summed E-state index contributed by atoms with van der Waals surface area (Å²) in [4.78, 5) is 11.7. The first-order chi connectivity index (χ1) is 8.92. The number of carboxylic acid groups (broad SMARTS) is 1. The molecular weight excluding hydrogens is 290 g/mol. The number of sulfonamides is 1. The third kappa shape index (κ3) is 2.83. The molecule has 19 heavy (non-hydrogen) atoms. The SMILES string of the molecule is Cc1ccsc1CNS(=O)(=O)c1[nH]ncc1C(=O)O. The van der Waals surface area contributed by atoms with Gasteiger partial charge in [-0.25, -0.2) is 17.9 Å². The second kappa shape index (κ2) is 5.11. The highest BCUT2D eigenvalue weighted by Gasteiger charge is 2.24. The molecule has 0 saturated heterocycles. The summed E-state index contributed by atoms with van der Waals surface area (Å²) in [5.41, 5.74) is 0.603. The van der Waals surface area contributed by atoms with E-state index in [4.69, 9.17) is 5.11 Å². The van der Waals surface area contributed by atoms with E-state index in [0.29, 0.717) is 0 Å². The lowest BCUT2D eigenvalue weighted by Gasteiger charge is -2.05. The van der Waals surface area contributed by atoms with Crippen LogP contribution in [0.2, 0.25) is 0 Å². The Morgan fingerprint density at radius 1 is 1.58 bits per heavy atom. The number of rotatable bonds is 5. The number of H-pyrrole nitrogens is 1. The van der Waals surface area contributed by atoms with Gasteiger partial charge in [-0.15, -0.1) is 11.3 Å². The monoisotopic (exact) mass is 301 g/mol. The molecule has 0 spiro atoms. The third-order valence-electron chi connectivity index (χ3n) is 2.49. The molecule has 0 fully saturated rings. The molecule has 2 aromatic rings. The quantitative estimate of drug-likeness (QED) is 0.761. The first-order valence-electron chi connectivity index (χ1n) is 5.21. The minimum atomic E-state index is -3.93. The number of nitrogens with zero attached hydrogens (tertiary/aromatic N) is 1. The zero-order chi connectivity index (χ0) is 14.0. The molecule has 0 aliphatic heterocycles. The summed E-state index contributed by atoms with van der Waals surface area (Å²) in [6.07, 6.45) is 0.966. The van der Waals surface area contributed by atoms with E-state index >= 15 is 0 Å². The Kier molecular flexibility index (Phi) is 3.69. The molecule has 0 amide bonds. The molecule has 0 atom stereocenters. The molecule has 0 aliphatic carbocycles. The van der Waals surface area contributed by atoms with Crippen molar-refractivity contribution in [2.24, 2.45) is 0 Å². The molecule has 0 aromatic carbocycles. The fourth-order valence-electron chi connectivity index (χ4n) is 1.45. The van der Waals surface area contributed by atoms with Crippen molar-refractivity contribution in [1.29, 1.82) is 0 Å². The second-order valence-electron chi connectivity index (χ2n) is 3.77. The smallest absolute Gasteiger partial charge is 0.340 e. The number of nitrogens with one attached hydrogen (secondary N) is 2. The van der Waals surface area contributed by atoms with Gasteiger partial charge >= 0.3 is 5.97 Å². The van der Waals surface area contributed by atoms with E-state index < -0.39 is 21.0 Å². The van der Waals surface area contributed by atoms with Crippen molar-refractivity contribution in [2.75, 3.05) is 0 Å². The van der Waals surface area contributed by atoms with Crippen LogP contribution in [0.1, 0.15) is 20.8 Å². The third-order valence-corrected chi connectivity index (χ3v) is 4.89. The van der Waals surface area contributed by atoms with Gasteiger partial charge in [0, 0.05) is 11.4 Å². The number of hydrogen-bond acceptors (Lipinski definition) is 5. The van der Waals surface area contributed by atoms with Crippen LogP contribution in [0.15, 0.2) is 22.7 Å². The number of aromatic amines is 1. The Morgan fingerprint density at radius 2 is 2.32 bits per heavy atom. The molecule has 102 valence electrons. The molecule has 9 heteroatoms. The molecule has 0 unspecified atom stereocenters. The highest BCUT2D eigenvalue weighted by Crippen LogP contribution is 2.17. The zero-order valence-electron chi connectivity index (χ0n) is 9.87. The number of aromatic carboxylic acids is 1. The van der Waals surface area contributed by atoms with Crippen molar-refractivity contribution in [3.63, 3.8) is 0 Å². The number of thiophene rings is 1. The molecule has 0 saturated carbocycles. The summed E-state index contributed by atoms with van der Waals surface area (Å²) >= 11 is 1.43. The number of aryl methyl sites for hydroxylation is 1. The van der Waals surface area contributed by atoms with Gasteiger partial charge < -0.3 is 5.11 Å². The first-order valence-corrected chi connectivity index (χ1v) is 7.57. The van der Waals surface area contributed by atoms with Gasteiger partial charge in [-0.1, -0.05) is 0 Å². The highest BCUT2D eigenvalue weighted by atomic mass is 32.2. The molecule has 0 aliphatic rings. The van der Waals surface area contributed by atoms with Crippen LogP contribution in [-0.2, 0) is 16.6 Å². The predicted octanol–water partition coefficient (Wildman–Crippen LogP) is 0.956. The van der Waals surface area contributed by atoms with E-state index in [1.54, 1.807) is 0 Å². The minimum absolute atomic E-state index is 0.115. The highest BCUT2D eigenvalue weighted by molar-refractivity contribution is 7.89. The molecule has 0 bridgehead atoms. The lowest BCUT2D eigenvalue weighted by Crippen LogP contribution is -2.25. The van der Waals surface area contributed by atoms with Crippen LogP contribution in [-0.4, -0.2) is 29.7 Å². The van der Waals surface area contributed by atoms with Crippen LogP contribution >= 0.6 is 11.3 Å². The Morgan fingerprint density at radius 3 is 2.89 bits per heavy atom. The standard InChI is InChI=1S/C10H11N3O4S2/c1-6-2-3-18-8(6)5-12-19(16,17)9-7(10(14)15)4-11-13-9/h2-4,12H,5H2,1H3,(H,11,13)(H,14,15). The van der Waals surface area contributed by atoms with Crippen molar-refractivity contribution in [3.05, 3.63) is 33.6 Å². The van der Waals surface area contributed by atoms with E-state index in [0.717, 1.165) is 16.6 Å². The van der Waals surface area contributed by atoms with Crippen molar-refractivity contribution in [1.82, 2.24) is 14.9 Å². The molecule has 2 aromatic heterocycles. The number of carbonyl (C=O) groups is 1. The zero-order valence-corrected chi connectivity index (χ0v) is 11.5. The Labute approximate surface area is 113 Å². The molecule has 2 heterocycles. The maximum absolute atomic E-state index is 12.0. The Hall–Kier alpha value is -1.71. The maximum Gasteiger partial charge on any atom is 0.340 e. The number of aromatic nitrogens is 2. The first kappa shape index (κ1) is 13.7. The van der Waals surface area contributed by atoms with Crippen LogP contribution < -0.4 is 4.72 Å². The number of hydrogen-bond donors (Lipinski definition) is 3. The fourth-order valence-corrected chi connectivity index (χ4v) is 3.47. The maximum atomic E-state index is 12.0. The molecular formula is C10H11N3O4S2. The van der Waals surface area contributed by atoms with Gasteiger partial charge in [0.1, 0.15) is 5.56 Å². The average molecular weight is 301 g/mol. The minimum Gasteiger partial charge on any atom is -0.478 e. The van der Waals surface area contributed by atoms with Gasteiger partial charge in [0.15, 0.2) is 5.03 Å². The molecule has 0 radical (unpaired) electrons. The van der Waals surface area contributed by atoms with Gasteiger partial charge in [0.2, 0.25) is 0 Å². The number of carboxylic acids is 1. The van der Waals surface area contributed by atoms with E-state index in [-0.39, 0.29) is 12.1 Å². The van der Waals surface area contributed by atoms with Crippen LogP contribution in [0.3, 0.4) is 0 Å². The largest absolute Gasteiger partial charge is 0.478 e. The lowest BCUT2D eigenvalue weighted by molar-refractivity contribution is 0.0692. The van der Waals surface area contributed by atoms with Crippen LogP contribution in [0.4, 0.5) is 0 Å². The van der Waals surface area contributed by atoms with Crippen molar-refractivity contribution >= 4 is 27.3 Å². The second-order valence-corrected chi connectivity index (χ2v) is 6.47. The van der Waals surface area contributed by atoms with E-state index in [1.807, 2.05) is 18.4 Å². The summed E-state index contributed by atoms with van der Waals surface area (Å²) in [7, 11) is -3.93. The van der Waals surface area contributed by atoms with Gasteiger partial charge in [0.25, 0.3) is 10.0 Å². The van der Waals surface area contributed by atoms with E-state index in [1.165, 1.54) is 11.3 Å². The molecule has 3 N–H and O–H groups in total. The van der Waals surface area contributed by atoms with E-state index in [9.17, 15) is 13.2 Å². The molecule has 7 nitrogen and oxygen atoms in total. The van der Waals surface area contributed by atoms with Gasteiger partial charge in [-0.3, -0.25) is 5.10 Å². The van der Waals surface area contributed by atoms with Gasteiger partial charge in [-0.2, -0.15) is 5.10 Å². The summed E-state index contributed by atoms with van der Waals surface area (Å²) in [6, 6.07) is 1.88. The van der Waals surface area contributed by atoms with Crippen molar-refractivity contribution in [2.45, 2.75) is 18.5 Å². The van der Waals surface area contributed by atoms with Crippen LogP contribution in [0, 0.1) is 6.92 Å². The van der Waals surface area contributed by atoms with Gasteiger partial charge in [-0.05, 0) is 23.9 Å². The van der Waals surface area contributed by atoms with Crippen molar-refractivity contribution < 1.29 is 18.3 Å². The Bertz CT molecular complexity index is 702. The van der Waals surface area contributed by atoms with Crippen LogP contribution in [0.25, 0.3) is 0 Å².